The number of amides is 1. The Kier molecular flexibility index (Phi) is 3.51. The predicted molar refractivity (Wildman–Crippen MR) is 75.5 cm³/mol. The molecule has 0 saturated carbocycles. The topological polar surface area (TPSA) is 83.4 Å². The maximum absolute atomic E-state index is 12.0. The molecule has 0 spiro atoms. The van der Waals surface area contributed by atoms with E-state index in [1.54, 1.807) is 17.3 Å². The van der Waals surface area contributed by atoms with Crippen LogP contribution in [0.2, 0.25) is 0 Å². The maximum atomic E-state index is 12.0. The number of carboxylic acids is 1. The lowest BCUT2D eigenvalue weighted by molar-refractivity contribution is -0.141. The van der Waals surface area contributed by atoms with Gasteiger partial charge in [0.05, 0.1) is 11.9 Å². The third-order valence-electron chi connectivity index (χ3n) is 3.67. The molecule has 1 aliphatic heterocycles. The second-order valence-corrected chi connectivity index (χ2v) is 5.12. The number of aromatic nitrogens is 2. The molecule has 0 bridgehead atoms. The molecule has 0 saturated heterocycles. The average Bonchev–Trinajstić information content (AvgIpc) is 2.50. The van der Waals surface area contributed by atoms with Gasteiger partial charge in [0.1, 0.15) is 0 Å². The van der Waals surface area contributed by atoms with Gasteiger partial charge in [-0.3, -0.25) is 19.6 Å². The highest BCUT2D eigenvalue weighted by atomic mass is 16.4. The summed E-state index contributed by atoms with van der Waals surface area (Å²) in [4.78, 5) is 32.9. The van der Waals surface area contributed by atoms with Crippen LogP contribution in [0, 0.1) is 0 Å². The zero-order valence-electron chi connectivity index (χ0n) is 11.5. The fourth-order valence-corrected chi connectivity index (χ4v) is 2.56. The lowest BCUT2D eigenvalue weighted by Gasteiger charge is -2.28. The number of aliphatic carboxylic acids is 1. The third kappa shape index (κ3) is 2.84. The normalized spacial score (nSPS) is 14.0. The summed E-state index contributed by atoms with van der Waals surface area (Å²) in [7, 11) is 0. The van der Waals surface area contributed by atoms with Crippen LogP contribution in [0.3, 0.4) is 0 Å². The van der Waals surface area contributed by atoms with Crippen molar-refractivity contribution in [2.45, 2.75) is 25.8 Å². The van der Waals surface area contributed by atoms with E-state index in [0.29, 0.717) is 19.5 Å². The summed E-state index contributed by atoms with van der Waals surface area (Å²) in [6.07, 6.45) is 4.10. The van der Waals surface area contributed by atoms with E-state index in [2.05, 4.69) is 9.97 Å². The Balaban J connectivity index is 1.80. The first kappa shape index (κ1) is 13.5. The number of carboxylic acid groups (broad SMARTS) is 1. The first-order chi connectivity index (χ1) is 10.1. The van der Waals surface area contributed by atoms with Crippen LogP contribution in [-0.4, -0.2) is 38.4 Å². The van der Waals surface area contributed by atoms with Crippen molar-refractivity contribution in [3.63, 3.8) is 0 Å². The van der Waals surface area contributed by atoms with Crippen LogP contribution in [0.5, 0.6) is 0 Å². The van der Waals surface area contributed by atoms with Crippen LogP contribution in [0.1, 0.15) is 24.1 Å². The molecule has 1 N–H and O–H groups in total. The van der Waals surface area contributed by atoms with E-state index < -0.39 is 5.97 Å². The van der Waals surface area contributed by atoms with Gasteiger partial charge in [-0.05, 0) is 17.7 Å². The second kappa shape index (κ2) is 5.47. The standard InChI is InChI=1S/C15H15N3O3/c19-14(1-2-15(20)21)18-6-4-13-11(9-18)7-10-8-16-5-3-12(10)17-13/h3,5,7-8H,1-2,4,6,9H2,(H,20,21). The van der Waals surface area contributed by atoms with Crippen molar-refractivity contribution in [1.29, 1.82) is 0 Å². The van der Waals surface area contributed by atoms with Gasteiger partial charge in [-0.25, -0.2) is 0 Å². The number of hydrogen-bond donors (Lipinski definition) is 1. The Morgan fingerprint density at radius 1 is 1.33 bits per heavy atom. The van der Waals surface area contributed by atoms with E-state index in [1.165, 1.54) is 0 Å². The quantitative estimate of drug-likeness (QED) is 0.921. The van der Waals surface area contributed by atoms with E-state index in [1.807, 2.05) is 12.1 Å². The van der Waals surface area contributed by atoms with Crippen molar-refractivity contribution in [2.75, 3.05) is 6.54 Å². The summed E-state index contributed by atoms with van der Waals surface area (Å²) >= 11 is 0. The summed E-state index contributed by atoms with van der Waals surface area (Å²) in [5.74, 6) is -1.06. The van der Waals surface area contributed by atoms with E-state index in [0.717, 1.165) is 22.2 Å². The van der Waals surface area contributed by atoms with Gasteiger partial charge in [0, 0.05) is 49.4 Å². The van der Waals surface area contributed by atoms with E-state index in [-0.39, 0.29) is 18.7 Å². The molecule has 3 rings (SSSR count). The Morgan fingerprint density at radius 2 is 2.19 bits per heavy atom. The number of hydrogen-bond acceptors (Lipinski definition) is 4. The van der Waals surface area contributed by atoms with Gasteiger partial charge in [0.25, 0.3) is 0 Å². The molecular weight excluding hydrogens is 270 g/mol. The van der Waals surface area contributed by atoms with Crippen LogP contribution in [-0.2, 0) is 22.6 Å². The number of fused-ring (bicyclic) bond motifs is 2. The molecule has 6 heteroatoms. The van der Waals surface area contributed by atoms with E-state index >= 15 is 0 Å². The molecule has 108 valence electrons. The molecule has 1 aliphatic rings. The molecule has 0 radical (unpaired) electrons. The van der Waals surface area contributed by atoms with E-state index in [9.17, 15) is 9.59 Å². The van der Waals surface area contributed by atoms with Gasteiger partial charge in [0.2, 0.25) is 5.91 Å². The smallest absolute Gasteiger partial charge is 0.303 e. The van der Waals surface area contributed by atoms with Crippen LogP contribution in [0.25, 0.3) is 10.9 Å². The third-order valence-corrected chi connectivity index (χ3v) is 3.67. The van der Waals surface area contributed by atoms with Crippen LogP contribution >= 0.6 is 0 Å². The Bertz CT molecular complexity index is 714. The highest BCUT2D eigenvalue weighted by molar-refractivity contribution is 5.82. The zero-order chi connectivity index (χ0) is 14.8. The molecule has 0 aromatic carbocycles. The van der Waals surface area contributed by atoms with Crippen molar-refractivity contribution in [1.82, 2.24) is 14.9 Å². The molecule has 0 atom stereocenters. The largest absolute Gasteiger partial charge is 0.481 e. The maximum Gasteiger partial charge on any atom is 0.303 e. The second-order valence-electron chi connectivity index (χ2n) is 5.12. The molecule has 0 unspecified atom stereocenters. The SMILES string of the molecule is O=C(O)CCC(=O)N1CCc2nc3ccncc3cc2C1. The van der Waals surface area contributed by atoms with Crippen molar-refractivity contribution in [2.24, 2.45) is 0 Å². The Labute approximate surface area is 121 Å². The van der Waals surface area contributed by atoms with Crippen molar-refractivity contribution < 1.29 is 14.7 Å². The first-order valence-electron chi connectivity index (χ1n) is 6.85. The van der Waals surface area contributed by atoms with Gasteiger partial charge >= 0.3 is 5.97 Å². The molecule has 2 aromatic heterocycles. The highest BCUT2D eigenvalue weighted by Gasteiger charge is 2.22. The summed E-state index contributed by atoms with van der Waals surface area (Å²) in [6.45, 7) is 1.08. The number of nitrogens with zero attached hydrogens (tertiary/aromatic N) is 3. The minimum atomic E-state index is -0.945. The zero-order valence-corrected chi connectivity index (χ0v) is 11.5. The minimum Gasteiger partial charge on any atom is -0.481 e. The molecule has 2 aromatic rings. The Hall–Kier alpha value is -2.50. The average molecular weight is 285 g/mol. The highest BCUT2D eigenvalue weighted by Crippen LogP contribution is 2.22. The molecule has 0 fully saturated rings. The molecule has 21 heavy (non-hydrogen) atoms. The fraction of sp³-hybridized carbons (Fsp3) is 0.333. The molecule has 0 aliphatic carbocycles. The number of rotatable bonds is 3. The predicted octanol–water partition coefficient (Wildman–Crippen LogP) is 1.38. The molecule has 6 nitrogen and oxygen atoms in total. The summed E-state index contributed by atoms with van der Waals surface area (Å²) in [5.41, 5.74) is 2.94. The van der Waals surface area contributed by atoms with Crippen LogP contribution in [0.15, 0.2) is 24.5 Å². The summed E-state index contributed by atoms with van der Waals surface area (Å²) in [5, 5.41) is 9.60. The van der Waals surface area contributed by atoms with Gasteiger partial charge in [-0.15, -0.1) is 0 Å². The van der Waals surface area contributed by atoms with Gasteiger partial charge < -0.3 is 10.0 Å². The summed E-state index contributed by atoms with van der Waals surface area (Å²) < 4.78 is 0. The fourth-order valence-electron chi connectivity index (χ4n) is 2.56. The monoisotopic (exact) mass is 285 g/mol. The van der Waals surface area contributed by atoms with Crippen molar-refractivity contribution in [3.8, 4) is 0 Å². The van der Waals surface area contributed by atoms with E-state index in [4.69, 9.17) is 5.11 Å². The Morgan fingerprint density at radius 3 is 3.00 bits per heavy atom. The lowest BCUT2D eigenvalue weighted by atomic mass is 10.0. The van der Waals surface area contributed by atoms with Crippen LogP contribution < -0.4 is 0 Å². The molecule has 3 heterocycles. The number of carbonyl (C=O) groups excluding carboxylic acids is 1. The number of pyridine rings is 2. The summed E-state index contributed by atoms with van der Waals surface area (Å²) in [6, 6.07) is 3.89. The minimum absolute atomic E-state index is 0.0488. The molecular formula is C15H15N3O3. The molecule has 1 amide bonds. The van der Waals surface area contributed by atoms with Gasteiger partial charge in [0.15, 0.2) is 0 Å². The van der Waals surface area contributed by atoms with Crippen molar-refractivity contribution >= 4 is 22.8 Å². The van der Waals surface area contributed by atoms with Crippen LogP contribution in [0.4, 0.5) is 0 Å². The number of carbonyl (C=O) groups is 2. The first-order valence-corrected chi connectivity index (χ1v) is 6.85. The van der Waals surface area contributed by atoms with Gasteiger partial charge in [-0.2, -0.15) is 0 Å². The lowest BCUT2D eigenvalue weighted by Crippen LogP contribution is -2.36. The van der Waals surface area contributed by atoms with Crippen molar-refractivity contribution in [3.05, 3.63) is 35.8 Å². The van der Waals surface area contributed by atoms with Gasteiger partial charge in [-0.1, -0.05) is 0 Å².